The molecule has 0 unspecified atom stereocenters. The predicted octanol–water partition coefficient (Wildman–Crippen LogP) is 3.52. The molecule has 26 heavy (non-hydrogen) atoms. The largest absolute Gasteiger partial charge is 0.308 e. The van der Waals surface area contributed by atoms with E-state index < -0.39 is 15.8 Å². The number of nitrogens with one attached hydrogen (secondary N) is 1. The molecule has 1 heterocycles. The van der Waals surface area contributed by atoms with Gasteiger partial charge < -0.3 is 4.90 Å². The van der Waals surface area contributed by atoms with Crippen LogP contribution in [0.15, 0.2) is 29.4 Å². The van der Waals surface area contributed by atoms with Crippen LogP contribution in [0.3, 0.4) is 0 Å². The molecule has 0 fully saturated rings. The molecule has 0 aliphatic heterocycles. The number of nitrogens with zero attached hydrogens (tertiary/aromatic N) is 3. The quantitative estimate of drug-likeness (QED) is 0.386. The highest BCUT2D eigenvalue weighted by Crippen LogP contribution is 2.26. The van der Waals surface area contributed by atoms with Crippen LogP contribution in [-0.2, 0) is 15.8 Å². The number of hydrogen-bond donors (Lipinski definition) is 1. The highest BCUT2D eigenvalue weighted by molar-refractivity contribution is 7.98. The summed E-state index contributed by atoms with van der Waals surface area (Å²) in [6.07, 6.45) is 0. The number of anilines is 1. The fraction of sp³-hybridized carbons (Fsp3) is 0.333. The molecule has 0 aliphatic carbocycles. The molecule has 11 heteroatoms. The third-order valence-corrected chi connectivity index (χ3v) is 5.75. The maximum Gasteiger partial charge on any atom is 0.235 e. The van der Waals surface area contributed by atoms with Gasteiger partial charge in [-0.15, -0.1) is 0 Å². The first-order valence-corrected chi connectivity index (χ1v) is 10.8. The van der Waals surface area contributed by atoms with Crippen LogP contribution in [-0.4, -0.2) is 49.7 Å². The van der Waals surface area contributed by atoms with Gasteiger partial charge in [0.2, 0.25) is 10.0 Å². The molecular formula is C15H17Cl2FN4O2S2. The number of thioether (sulfide) groups is 1. The average Bonchev–Trinajstić information content (AvgIpc) is 2.53. The molecule has 0 aliphatic rings. The topological polar surface area (TPSA) is 75.2 Å². The molecule has 142 valence electrons. The van der Waals surface area contributed by atoms with Gasteiger partial charge in [0.25, 0.3) is 0 Å². The zero-order valence-electron chi connectivity index (χ0n) is 14.0. The molecule has 0 bridgehead atoms. The normalized spacial score (nSPS) is 11.8. The number of rotatable bonds is 8. The van der Waals surface area contributed by atoms with Crippen LogP contribution in [0.2, 0.25) is 10.2 Å². The van der Waals surface area contributed by atoms with E-state index in [1.807, 2.05) is 0 Å². The number of sulfonamides is 1. The molecule has 2 aromatic rings. The van der Waals surface area contributed by atoms with Gasteiger partial charge in [0.15, 0.2) is 5.16 Å². The van der Waals surface area contributed by atoms with E-state index in [1.165, 1.54) is 12.1 Å². The molecule has 0 saturated heterocycles. The summed E-state index contributed by atoms with van der Waals surface area (Å²) in [4.78, 5) is 9.90. The van der Waals surface area contributed by atoms with Crippen LogP contribution >= 0.6 is 35.0 Å². The molecule has 2 rings (SSSR count). The van der Waals surface area contributed by atoms with Crippen LogP contribution in [0.5, 0.6) is 0 Å². The molecule has 6 nitrogen and oxygen atoms in total. The monoisotopic (exact) mass is 438 g/mol. The van der Waals surface area contributed by atoms with Crippen LogP contribution in [0.1, 0.15) is 5.56 Å². The molecule has 1 aromatic heterocycles. The van der Waals surface area contributed by atoms with E-state index >= 15 is 0 Å². The first-order chi connectivity index (χ1) is 12.2. The van der Waals surface area contributed by atoms with Crippen LogP contribution in [0, 0.1) is 5.82 Å². The zero-order chi connectivity index (χ0) is 19.3. The lowest BCUT2D eigenvalue weighted by atomic mass is 10.2. The van der Waals surface area contributed by atoms with Gasteiger partial charge in [0.1, 0.15) is 16.8 Å². The Morgan fingerprint density at radius 1 is 1.27 bits per heavy atom. The van der Waals surface area contributed by atoms with Crippen molar-refractivity contribution in [3.8, 4) is 0 Å². The highest BCUT2D eigenvalue weighted by atomic mass is 35.5. The van der Waals surface area contributed by atoms with E-state index in [-0.39, 0.29) is 32.7 Å². The summed E-state index contributed by atoms with van der Waals surface area (Å²) in [5, 5.41) is 0.339. The van der Waals surface area contributed by atoms with Crippen molar-refractivity contribution in [3.63, 3.8) is 0 Å². The molecule has 0 saturated carbocycles. The summed E-state index contributed by atoms with van der Waals surface area (Å²) in [7, 11) is -0.0128. The van der Waals surface area contributed by atoms with Crippen molar-refractivity contribution in [2.75, 3.05) is 31.1 Å². The smallest absolute Gasteiger partial charge is 0.235 e. The second kappa shape index (κ2) is 9.18. The number of hydrogen-bond acceptors (Lipinski definition) is 6. The van der Waals surface area contributed by atoms with E-state index in [0.29, 0.717) is 12.1 Å². The Morgan fingerprint density at radius 2 is 2.00 bits per heavy atom. The van der Waals surface area contributed by atoms with E-state index in [2.05, 4.69) is 14.7 Å². The predicted molar refractivity (Wildman–Crippen MR) is 104 cm³/mol. The molecule has 0 amide bonds. The number of aromatic nitrogens is 2. The van der Waals surface area contributed by atoms with Crippen molar-refractivity contribution >= 4 is 50.8 Å². The summed E-state index contributed by atoms with van der Waals surface area (Å²) in [5.41, 5.74) is 0.388. The van der Waals surface area contributed by atoms with Gasteiger partial charge in [0.05, 0.1) is 10.8 Å². The molecule has 0 spiro atoms. The summed E-state index contributed by atoms with van der Waals surface area (Å²) < 4.78 is 40.5. The van der Waals surface area contributed by atoms with Crippen molar-refractivity contribution in [1.82, 2.24) is 14.9 Å². The van der Waals surface area contributed by atoms with Crippen molar-refractivity contribution < 1.29 is 12.8 Å². The minimum absolute atomic E-state index is 0.0319. The Bertz CT molecular complexity index is 882. The maximum absolute atomic E-state index is 13.9. The molecule has 1 N–H and O–H groups in total. The standard InChI is InChI=1S/C15H17Cl2FN4O2S2/c1-22(2)6-7-26(23,24)21-13-8-12(17)19-15(20-13)25-9-10-4-3-5-11(16)14(10)18/h3-5,8H,6-7,9H2,1-2H3,(H,19,20,21). The van der Waals surface area contributed by atoms with Crippen LogP contribution in [0.25, 0.3) is 0 Å². The van der Waals surface area contributed by atoms with Crippen LogP contribution < -0.4 is 4.72 Å². The van der Waals surface area contributed by atoms with E-state index in [9.17, 15) is 12.8 Å². The first kappa shape index (κ1) is 21.2. The third kappa shape index (κ3) is 6.55. The fourth-order valence-electron chi connectivity index (χ4n) is 1.83. The van der Waals surface area contributed by atoms with Gasteiger partial charge in [0, 0.05) is 18.4 Å². The molecular weight excluding hydrogens is 422 g/mol. The van der Waals surface area contributed by atoms with Gasteiger partial charge in [-0.2, -0.15) is 0 Å². The van der Waals surface area contributed by atoms with Gasteiger partial charge >= 0.3 is 0 Å². The van der Waals surface area contributed by atoms with Crippen molar-refractivity contribution in [1.29, 1.82) is 0 Å². The summed E-state index contributed by atoms with van der Waals surface area (Å²) >= 11 is 12.8. The average molecular weight is 439 g/mol. The van der Waals surface area contributed by atoms with Gasteiger partial charge in [-0.05, 0) is 25.7 Å². The lowest BCUT2D eigenvalue weighted by Gasteiger charge is -2.12. The molecule has 1 aromatic carbocycles. The SMILES string of the molecule is CN(C)CCS(=O)(=O)Nc1cc(Cl)nc(SCc2cccc(Cl)c2F)n1. The second-order valence-electron chi connectivity index (χ2n) is 5.58. The van der Waals surface area contributed by atoms with E-state index in [0.717, 1.165) is 11.8 Å². The highest BCUT2D eigenvalue weighted by Gasteiger charge is 2.14. The van der Waals surface area contributed by atoms with Gasteiger partial charge in [-0.3, -0.25) is 4.72 Å². The Balaban J connectivity index is 2.10. The number of halogens is 3. The minimum Gasteiger partial charge on any atom is -0.308 e. The Kier molecular flexibility index (Phi) is 7.48. The lowest BCUT2D eigenvalue weighted by Crippen LogP contribution is -2.26. The minimum atomic E-state index is -3.57. The van der Waals surface area contributed by atoms with Crippen LogP contribution in [0.4, 0.5) is 10.2 Å². The number of benzene rings is 1. The Hall–Kier alpha value is -1.13. The zero-order valence-corrected chi connectivity index (χ0v) is 17.2. The molecule has 0 atom stereocenters. The second-order valence-corrected chi connectivity index (χ2v) is 9.16. The van der Waals surface area contributed by atoms with Crippen molar-refractivity contribution in [3.05, 3.63) is 45.8 Å². The summed E-state index contributed by atoms with van der Waals surface area (Å²) in [5.74, 6) is -0.302. The first-order valence-electron chi connectivity index (χ1n) is 7.42. The van der Waals surface area contributed by atoms with Gasteiger partial charge in [-0.1, -0.05) is 47.1 Å². The fourth-order valence-corrected chi connectivity index (χ4v) is 4.22. The molecule has 0 radical (unpaired) electrons. The van der Waals surface area contributed by atoms with Crippen molar-refractivity contribution in [2.45, 2.75) is 10.9 Å². The summed E-state index contributed by atoms with van der Waals surface area (Å²) in [6.45, 7) is 0.365. The maximum atomic E-state index is 13.9. The Morgan fingerprint density at radius 3 is 2.69 bits per heavy atom. The van der Waals surface area contributed by atoms with Gasteiger partial charge in [-0.25, -0.2) is 22.8 Å². The lowest BCUT2D eigenvalue weighted by molar-refractivity contribution is 0.432. The Labute approximate surface area is 166 Å². The van der Waals surface area contributed by atoms with Crippen molar-refractivity contribution in [2.24, 2.45) is 0 Å². The van der Waals surface area contributed by atoms with E-state index in [1.54, 1.807) is 31.1 Å². The van der Waals surface area contributed by atoms with E-state index in [4.69, 9.17) is 23.2 Å². The summed E-state index contributed by atoms with van der Waals surface area (Å²) in [6, 6.07) is 6.02. The third-order valence-electron chi connectivity index (χ3n) is 3.13.